The second-order valence-corrected chi connectivity index (χ2v) is 6.49. The van der Waals surface area contributed by atoms with Crippen molar-refractivity contribution in [3.05, 3.63) is 29.1 Å². The Morgan fingerprint density at radius 1 is 0.647 bits per heavy atom. The highest BCUT2D eigenvalue weighted by Crippen LogP contribution is 2.55. The molecular weight excluding hydrogens is 644 g/mol. The van der Waals surface area contributed by atoms with Gasteiger partial charge in [0.15, 0.2) is 0 Å². The molecule has 19 heteroatoms. The van der Waals surface area contributed by atoms with Gasteiger partial charge in [-0.25, -0.2) is 0 Å². The summed E-state index contributed by atoms with van der Waals surface area (Å²) in [4.78, 5) is 0. The minimum atomic E-state index is -7.77. The highest BCUT2D eigenvalue weighted by Gasteiger charge is 2.87. The van der Waals surface area contributed by atoms with E-state index in [0.717, 1.165) is 6.92 Å². The molecule has 0 aliphatic carbocycles. The van der Waals surface area contributed by atoms with Crippen LogP contribution in [0.3, 0.4) is 0 Å². The first-order chi connectivity index (χ1) is 14.4. The molecule has 0 aliphatic heterocycles. The summed E-state index contributed by atoms with van der Waals surface area (Å²) in [5, 5.41) is 0. The molecule has 0 radical (unpaired) electrons. The lowest BCUT2D eigenvalue weighted by Crippen LogP contribution is -3.00. The fraction of sp³-hybridized carbons (Fsp3) is 0.667. The molecule has 34 heavy (non-hydrogen) atoms. The monoisotopic (exact) mass is 653 g/mol. The van der Waals surface area contributed by atoms with E-state index >= 15 is 0 Å². The van der Waals surface area contributed by atoms with Crippen LogP contribution in [0.25, 0.3) is 0 Å². The van der Waals surface area contributed by atoms with E-state index in [1.54, 1.807) is 0 Å². The molecule has 0 N–H and O–H groups in total. The molecule has 0 spiro atoms. The fourth-order valence-electron chi connectivity index (χ4n) is 2.38. The molecule has 1 aromatic heterocycles. The first kappa shape index (κ1) is 32.7. The predicted molar refractivity (Wildman–Crippen MR) is 71.0 cm³/mol. The van der Waals surface area contributed by atoms with Gasteiger partial charge in [0.05, 0.1) is 0 Å². The van der Waals surface area contributed by atoms with Gasteiger partial charge in [-0.1, -0.05) is 17.9 Å². The summed E-state index contributed by atoms with van der Waals surface area (Å²) in [6.45, 7) is 1.04. The van der Waals surface area contributed by atoms with Gasteiger partial charge < -0.3 is 24.0 Å². The number of pyridine rings is 1. The molecule has 0 aromatic carbocycles. The summed E-state index contributed by atoms with van der Waals surface area (Å²) in [6.07, 6.45) is -11.0. The fourth-order valence-corrected chi connectivity index (χ4v) is 2.38. The van der Waals surface area contributed by atoms with Crippen molar-refractivity contribution in [2.45, 2.75) is 62.1 Å². The first-order valence-corrected chi connectivity index (χ1v) is 8.19. The molecule has 1 nitrogen and oxygen atoms in total. The van der Waals surface area contributed by atoms with Crippen LogP contribution >= 0.6 is 0 Å². The number of rotatable bonds is 8. The maximum Gasteiger partial charge on any atom is 0.537 e. The second kappa shape index (κ2) is 9.62. The Balaban J connectivity index is 0.0000109. The average Bonchev–Trinajstić information content (AvgIpc) is 2.65. The maximum atomic E-state index is 14.2. The number of alkyl halides is 13. The van der Waals surface area contributed by atoms with Crippen LogP contribution in [0, 0.1) is 23.4 Å². The Hall–Kier alpha value is -1.31. The van der Waals surface area contributed by atoms with Crippen molar-refractivity contribution in [1.82, 2.24) is 0 Å². The Labute approximate surface area is 194 Å². The Kier molecular flexibility index (Phi) is 9.25. The molecule has 0 atom stereocenters. The summed E-state index contributed by atoms with van der Waals surface area (Å²) >= 11 is 0. The minimum Gasteiger partial charge on any atom is -1.00 e. The standard InChI is InChI=1S/C15H9F17N.HI/c1-2-3-4-10(20,21)12(24,25)13(26,27)15(31,32)33-8(11(22,23)14(28,29)30)6(17)5(16)7(18)9(33)19;/h2-4H2,1H3;1H/q+1;/p-1. The van der Waals surface area contributed by atoms with Crippen LogP contribution in [0.5, 0.6) is 0 Å². The van der Waals surface area contributed by atoms with Crippen LogP contribution < -0.4 is 28.5 Å². The molecule has 0 unspecified atom stereocenters. The predicted octanol–water partition coefficient (Wildman–Crippen LogP) is 3.83. The van der Waals surface area contributed by atoms with E-state index in [0.29, 0.717) is 0 Å². The summed E-state index contributed by atoms with van der Waals surface area (Å²) in [5.74, 6) is -44.0. The molecule has 0 fully saturated rings. The van der Waals surface area contributed by atoms with Crippen molar-refractivity contribution in [3.8, 4) is 0 Å². The number of aromatic nitrogens is 1. The normalized spacial score (nSPS) is 14.3. The third-order valence-electron chi connectivity index (χ3n) is 4.20. The van der Waals surface area contributed by atoms with Gasteiger partial charge in [0.25, 0.3) is 5.82 Å². The van der Waals surface area contributed by atoms with Gasteiger partial charge in [-0.05, 0) is 6.42 Å². The SMILES string of the molecule is CCCCC(F)(F)C(F)(F)C(F)(F)C(F)(F)[n+]1c(F)c(F)c(F)c(F)c1C(F)(F)C(F)(F)F.[I-]. The average molecular weight is 653 g/mol. The van der Waals surface area contributed by atoms with Gasteiger partial charge >= 0.3 is 47.6 Å². The molecule has 1 aromatic rings. The summed E-state index contributed by atoms with van der Waals surface area (Å²) < 4.78 is 226. The summed E-state index contributed by atoms with van der Waals surface area (Å²) in [5.41, 5.74) is -4.41. The molecule has 1 rings (SSSR count). The van der Waals surface area contributed by atoms with E-state index in [1.165, 1.54) is 0 Å². The van der Waals surface area contributed by atoms with E-state index in [2.05, 4.69) is 0 Å². The van der Waals surface area contributed by atoms with Crippen molar-refractivity contribution in [2.75, 3.05) is 0 Å². The van der Waals surface area contributed by atoms with Gasteiger partial charge in [0, 0.05) is 6.42 Å². The number of hydrogen-bond acceptors (Lipinski definition) is 0. The highest BCUT2D eigenvalue weighted by atomic mass is 127. The van der Waals surface area contributed by atoms with Crippen molar-refractivity contribution in [1.29, 1.82) is 0 Å². The largest absolute Gasteiger partial charge is 1.00 e. The smallest absolute Gasteiger partial charge is 0.537 e. The van der Waals surface area contributed by atoms with Gasteiger partial charge in [-0.15, -0.1) is 13.2 Å². The second-order valence-electron chi connectivity index (χ2n) is 6.49. The lowest BCUT2D eigenvalue weighted by Gasteiger charge is -2.34. The van der Waals surface area contributed by atoms with E-state index in [4.69, 9.17) is 0 Å². The van der Waals surface area contributed by atoms with Crippen LogP contribution in [-0.4, -0.2) is 23.9 Å². The van der Waals surface area contributed by atoms with E-state index in [9.17, 15) is 74.6 Å². The Bertz CT molecular complexity index is 892. The van der Waals surface area contributed by atoms with Crippen molar-refractivity contribution >= 4 is 0 Å². The molecule has 0 bridgehead atoms. The van der Waals surface area contributed by atoms with Crippen LogP contribution in [-0.2, 0) is 12.0 Å². The van der Waals surface area contributed by atoms with Gasteiger partial charge in [0.1, 0.15) is 0 Å². The number of unbranched alkanes of at least 4 members (excludes halogenated alkanes) is 1. The summed E-state index contributed by atoms with van der Waals surface area (Å²) in [6, 6.07) is -7.64. The topological polar surface area (TPSA) is 3.88 Å². The van der Waals surface area contributed by atoms with Gasteiger partial charge in [0.2, 0.25) is 11.6 Å². The number of hydrogen-bond donors (Lipinski definition) is 0. The maximum absolute atomic E-state index is 14.2. The van der Waals surface area contributed by atoms with Crippen molar-refractivity contribution in [2.24, 2.45) is 0 Å². The Morgan fingerprint density at radius 3 is 1.47 bits per heavy atom. The highest BCUT2D eigenvalue weighted by molar-refractivity contribution is 5.14. The summed E-state index contributed by atoms with van der Waals surface area (Å²) in [7, 11) is 0. The third kappa shape index (κ3) is 4.72. The zero-order chi connectivity index (χ0) is 26.6. The van der Waals surface area contributed by atoms with Gasteiger partial charge in [-0.2, -0.15) is 61.5 Å². The number of nitrogens with zero attached hydrogens (tertiary/aromatic N) is 1. The van der Waals surface area contributed by atoms with Crippen LogP contribution in [0.1, 0.15) is 31.9 Å². The zero-order valence-electron chi connectivity index (χ0n) is 15.9. The molecular formula is C15H9F17IN. The van der Waals surface area contributed by atoms with Crippen molar-refractivity contribution < 1.29 is 103 Å². The van der Waals surface area contributed by atoms with Crippen LogP contribution in [0.15, 0.2) is 0 Å². The van der Waals surface area contributed by atoms with E-state index in [1.807, 2.05) is 0 Å². The van der Waals surface area contributed by atoms with Crippen molar-refractivity contribution in [3.63, 3.8) is 0 Å². The minimum absolute atomic E-state index is 0. The molecule has 1 heterocycles. The molecule has 0 amide bonds. The first-order valence-electron chi connectivity index (χ1n) is 8.19. The van der Waals surface area contributed by atoms with Gasteiger partial charge in [-0.3, -0.25) is 0 Å². The lowest BCUT2D eigenvalue weighted by atomic mass is 9.97. The Morgan fingerprint density at radius 2 is 1.09 bits per heavy atom. The van der Waals surface area contributed by atoms with Crippen LogP contribution in [0.4, 0.5) is 74.6 Å². The molecule has 200 valence electrons. The van der Waals surface area contributed by atoms with E-state index in [-0.39, 0.29) is 24.0 Å². The van der Waals surface area contributed by atoms with Crippen LogP contribution in [0.2, 0.25) is 0 Å². The van der Waals surface area contributed by atoms with E-state index < -0.39 is 88.8 Å². The zero-order valence-corrected chi connectivity index (χ0v) is 18.0. The molecule has 0 saturated carbocycles. The number of halogens is 18. The molecule has 0 aliphatic rings. The third-order valence-corrected chi connectivity index (χ3v) is 4.20. The quantitative estimate of drug-likeness (QED) is 0.174. The lowest BCUT2D eigenvalue weighted by molar-refractivity contribution is -0.879. The molecule has 0 saturated heterocycles.